The van der Waals surface area contributed by atoms with Gasteiger partial charge in [-0.05, 0) is 22.0 Å². The molecule has 0 aliphatic carbocycles. The summed E-state index contributed by atoms with van der Waals surface area (Å²) in [5.74, 6) is -0.861. The second-order valence-electron chi connectivity index (χ2n) is 3.54. The Hall–Kier alpha value is -2.09. The SMILES string of the molecule is Cn1cc(C(=O)NNC(=O)c2cc(Br)c[nH]2)cn1. The van der Waals surface area contributed by atoms with Crippen molar-refractivity contribution in [2.75, 3.05) is 0 Å². The summed E-state index contributed by atoms with van der Waals surface area (Å²) in [4.78, 5) is 25.9. The number of nitrogens with zero attached hydrogens (tertiary/aromatic N) is 2. The Kier molecular flexibility index (Phi) is 3.47. The lowest BCUT2D eigenvalue weighted by molar-refractivity contribution is 0.0844. The molecular formula is C10H10BrN5O2. The van der Waals surface area contributed by atoms with Crippen LogP contribution in [0.5, 0.6) is 0 Å². The summed E-state index contributed by atoms with van der Waals surface area (Å²) in [6.07, 6.45) is 4.58. The zero-order valence-corrected chi connectivity index (χ0v) is 11.0. The minimum absolute atomic E-state index is 0.341. The number of aromatic amines is 1. The number of aromatic nitrogens is 3. The quantitative estimate of drug-likeness (QED) is 0.709. The van der Waals surface area contributed by atoms with Crippen molar-refractivity contribution in [3.8, 4) is 0 Å². The minimum atomic E-state index is -0.432. The van der Waals surface area contributed by atoms with E-state index >= 15 is 0 Å². The van der Waals surface area contributed by atoms with Gasteiger partial charge in [-0.1, -0.05) is 0 Å². The number of rotatable bonds is 2. The molecule has 0 unspecified atom stereocenters. The molecule has 8 heteroatoms. The molecule has 0 radical (unpaired) electrons. The van der Waals surface area contributed by atoms with Crippen molar-refractivity contribution in [2.24, 2.45) is 7.05 Å². The van der Waals surface area contributed by atoms with E-state index in [9.17, 15) is 9.59 Å². The van der Waals surface area contributed by atoms with Crippen LogP contribution < -0.4 is 10.9 Å². The van der Waals surface area contributed by atoms with Gasteiger partial charge in [0.1, 0.15) is 5.69 Å². The second kappa shape index (κ2) is 5.05. The van der Waals surface area contributed by atoms with Crippen LogP contribution in [-0.2, 0) is 7.05 Å². The fourth-order valence-electron chi connectivity index (χ4n) is 1.29. The third-order valence-corrected chi connectivity index (χ3v) is 2.61. The average molecular weight is 312 g/mol. The van der Waals surface area contributed by atoms with Gasteiger partial charge in [-0.2, -0.15) is 5.10 Å². The van der Waals surface area contributed by atoms with Gasteiger partial charge in [-0.25, -0.2) is 0 Å². The van der Waals surface area contributed by atoms with Crippen molar-refractivity contribution in [1.29, 1.82) is 0 Å². The molecule has 0 saturated carbocycles. The molecule has 0 aliphatic heterocycles. The first-order valence-corrected chi connectivity index (χ1v) is 5.79. The molecular weight excluding hydrogens is 302 g/mol. The van der Waals surface area contributed by atoms with E-state index in [4.69, 9.17) is 0 Å². The first-order chi connectivity index (χ1) is 8.56. The molecule has 0 saturated heterocycles. The van der Waals surface area contributed by atoms with Gasteiger partial charge in [0.05, 0.1) is 11.8 Å². The van der Waals surface area contributed by atoms with Gasteiger partial charge in [0, 0.05) is 23.9 Å². The number of hydrogen-bond donors (Lipinski definition) is 3. The van der Waals surface area contributed by atoms with Crippen molar-refractivity contribution in [3.63, 3.8) is 0 Å². The Balaban J connectivity index is 1.92. The van der Waals surface area contributed by atoms with Gasteiger partial charge in [0.2, 0.25) is 0 Å². The summed E-state index contributed by atoms with van der Waals surface area (Å²) in [7, 11) is 1.70. The lowest BCUT2D eigenvalue weighted by atomic mass is 10.3. The van der Waals surface area contributed by atoms with E-state index in [-0.39, 0.29) is 0 Å². The van der Waals surface area contributed by atoms with Crippen molar-refractivity contribution in [3.05, 3.63) is 40.4 Å². The van der Waals surface area contributed by atoms with Crippen LogP contribution in [0.1, 0.15) is 20.8 Å². The maximum atomic E-state index is 11.6. The summed E-state index contributed by atoms with van der Waals surface area (Å²) in [5.41, 5.74) is 5.29. The molecule has 18 heavy (non-hydrogen) atoms. The van der Waals surface area contributed by atoms with E-state index in [0.29, 0.717) is 11.3 Å². The van der Waals surface area contributed by atoms with E-state index < -0.39 is 11.8 Å². The molecule has 0 aliphatic rings. The van der Waals surface area contributed by atoms with E-state index in [2.05, 4.69) is 36.9 Å². The van der Waals surface area contributed by atoms with Crippen LogP contribution in [0, 0.1) is 0 Å². The van der Waals surface area contributed by atoms with E-state index in [1.54, 1.807) is 25.5 Å². The van der Waals surface area contributed by atoms with Gasteiger partial charge < -0.3 is 4.98 Å². The molecule has 2 amide bonds. The molecule has 0 fully saturated rings. The van der Waals surface area contributed by atoms with Crippen molar-refractivity contribution in [1.82, 2.24) is 25.6 Å². The molecule has 0 spiro atoms. The topological polar surface area (TPSA) is 91.8 Å². The number of nitrogens with one attached hydrogen (secondary N) is 3. The maximum Gasteiger partial charge on any atom is 0.286 e. The number of carbonyl (C=O) groups is 2. The summed E-state index contributed by atoms with van der Waals surface area (Å²) in [6, 6.07) is 1.60. The highest BCUT2D eigenvalue weighted by Crippen LogP contribution is 2.09. The number of H-pyrrole nitrogens is 1. The largest absolute Gasteiger partial charge is 0.356 e. The van der Waals surface area contributed by atoms with E-state index in [1.165, 1.54) is 10.9 Å². The molecule has 2 heterocycles. The zero-order valence-electron chi connectivity index (χ0n) is 9.40. The highest BCUT2D eigenvalue weighted by atomic mass is 79.9. The Labute approximate surface area is 111 Å². The van der Waals surface area contributed by atoms with Crippen LogP contribution in [0.3, 0.4) is 0 Å². The van der Waals surface area contributed by atoms with Crippen LogP contribution in [0.15, 0.2) is 29.1 Å². The summed E-state index contributed by atoms with van der Waals surface area (Å²) in [6.45, 7) is 0. The second-order valence-corrected chi connectivity index (χ2v) is 4.46. The lowest BCUT2D eigenvalue weighted by Gasteiger charge is -2.04. The Morgan fingerprint density at radius 1 is 1.39 bits per heavy atom. The number of amides is 2. The maximum absolute atomic E-state index is 11.6. The molecule has 94 valence electrons. The molecule has 3 N–H and O–H groups in total. The van der Waals surface area contributed by atoms with Gasteiger partial charge >= 0.3 is 0 Å². The van der Waals surface area contributed by atoms with Crippen LogP contribution in [-0.4, -0.2) is 26.6 Å². The van der Waals surface area contributed by atoms with E-state index in [0.717, 1.165) is 4.47 Å². The first-order valence-electron chi connectivity index (χ1n) is 4.99. The highest BCUT2D eigenvalue weighted by Gasteiger charge is 2.11. The molecule has 0 atom stereocenters. The third-order valence-electron chi connectivity index (χ3n) is 2.15. The number of hydrogen-bond acceptors (Lipinski definition) is 3. The molecule has 7 nitrogen and oxygen atoms in total. The summed E-state index contributed by atoms with van der Waals surface area (Å²) in [5, 5.41) is 3.86. The lowest BCUT2D eigenvalue weighted by Crippen LogP contribution is -2.41. The van der Waals surface area contributed by atoms with Crippen LogP contribution in [0.25, 0.3) is 0 Å². The Bertz CT molecular complexity index is 536. The molecule has 0 aromatic carbocycles. The summed E-state index contributed by atoms with van der Waals surface area (Å²) < 4.78 is 2.25. The Morgan fingerprint density at radius 2 is 2.11 bits per heavy atom. The van der Waals surface area contributed by atoms with Crippen molar-refractivity contribution >= 4 is 27.7 Å². The highest BCUT2D eigenvalue weighted by molar-refractivity contribution is 9.10. The molecule has 2 aromatic heterocycles. The smallest absolute Gasteiger partial charge is 0.286 e. The van der Waals surface area contributed by atoms with Crippen molar-refractivity contribution in [2.45, 2.75) is 0 Å². The fraction of sp³-hybridized carbons (Fsp3) is 0.100. The number of aryl methyl sites for hydroxylation is 1. The Morgan fingerprint density at radius 3 is 2.67 bits per heavy atom. The van der Waals surface area contributed by atoms with Crippen LogP contribution in [0.4, 0.5) is 0 Å². The predicted octanol–water partition coefficient (Wildman–Crippen LogP) is 0.586. The number of carbonyl (C=O) groups excluding carboxylic acids is 2. The average Bonchev–Trinajstić information content (AvgIpc) is 2.94. The zero-order chi connectivity index (χ0) is 13.1. The molecule has 2 rings (SSSR count). The number of halogens is 1. The molecule has 2 aromatic rings. The van der Waals surface area contributed by atoms with Gasteiger partial charge in [-0.3, -0.25) is 25.1 Å². The van der Waals surface area contributed by atoms with Gasteiger partial charge in [0.25, 0.3) is 11.8 Å². The predicted molar refractivity (Wildman–Crippen MR) is 66.6 cm³/mol. The van der Waals surface area contributed by atoms with Crippen molar-refractivity contribution < 1.29 is 9.59 Å². The van der Waals surface area contributed by atoms with Crippen LogP contribution >= 0.6 is 15.9 Å². The molecule has 0 bridgehead atoms. The van der Waals surface area contributed by atoms with Crippen LogP contribution in [0.2, 0.25) is 0 Å². The summed E-state index contributed by atoms with van der Waals surface area (Å²) >= 11 is 3.21. The normalized spacial score (nSPS) is 10.1. The first kappa shape index (κ1) is 12.4. The monoisotopic (exact) mass is 311 g/mol. The van der Waals surface area contributed by atoms with Gasteiger partial charge in [-0.15, -0.1) is 0 Å². The number of hydrazine groups is 1. The fourth-order valence-corrected chi connectivity index (χ4v) is 1.63. The van der Waals surface area contributed by atoms with Gasteiger partial charge in [0.15, 0.2) is 0 Å². The minimum Gasteiger partial charge on any atom is -0.356 e. The van der Waals surface area contributed by atoms with E-state index in [1.807, 2.05) is 0 Å². The third kappa shape index (κ3) is 2.77. The standard InChI is InChI=1S/C10H10BrN5O2/c1-16-5-6(3-13-16)9(17)14-15-10(18)8-2-7(11)4-12-8/h2-5,12H,1H3,(H,14,17)(H,15,18).